The van der Waals surface area contributed by atoms with E-state index >= 15 is 0 Å². The average molecular weight is 507 g/mol. The summed E-state index contributed by atoms with van der Waals surface area (Å²) in [7, 11) is 0. The Hall–Kier alpha value is -3.22. The van der Waals surface area contributed by atoms with Crippen molar-refractivity contribution in [3.05, 3.63) is 0 Å². The number of hydrogen-bond donors (Lipinski definition) is 5. The molecule has 13 nitrogen and oxygen atoms in total. The van der Waals surface area contributed by atoms with E-state index in [-0.39, 0.29) is 6.61 Å². The van der Waals surface area contributed by atoms with E-state index in [0.717, 1.165) is 0 Å². The summed E-state index contributed by atoms with van der Waals surface area (Å²) in [5.41, 5.74) is -10.6. The molecular formula is C22H34O13. The van der Waals surface area contributed by atoms with Crippen molar-refractivity contribution in [3.63, 3.8) is 0 Å². The van der Waals surface area contributed by atoms with Gasteiger partial charge in [-0.3, -0.25) is 19.2 Å². The number of carboxylic acids is 5. The Balaban J connectivity index is 7.45. The molecule has 0 bridgehead atoms. The maximum absolute atomic E-state index is 13.7. The van der Waals surface area contributed by atoms with Gasteiger partial charge in [0.25, 0.3) is 0 Å². The van der Waals surface area contributed by atoms with Gasteiger partial charge in [-0.25, -0.2) is 9.59 Å². The Morgan fingerprint density at radius 3 is 1.20 bits per heavy atom. The largest absolute Gasteiger partial charge is 0.481 e. The second-order valence-corrected chi connectivity index (χ2v) is 8.11. The van der Waals surface area contributed by atoms with Gasteiger partial charge in [-0.2, -0.15) is 0 Å². The van der Waals surface area contributed by atoms with E-state index in [4.69, 9.17) is 9.47 Å². The highest BCUT2D eigenvalue weighted by atomic mass is 16.6. The first kappa shape index (κ1) is 31.8. The quantitative estimate of drug-likeness (QED) is 0.178. The third kappa shape index (κ3) is 5.24. The molecule has 5 N–H and O–H groups in total. The minimum atomic E-state index is -3.15. The van der Waals surface area contributed by atoms with E-state index in [2.05, 4.69) is 0 Å². The molecule has 2 atom stereocenters. The van der Waals surface area contributed by atoms with Crippen LogP contribution in [0, 0.1) is 10.8 Å². The Morgan fingerprint density at radius 2 is 0.943 bits per heavy atom. The van der Waals surface area contributed by atoms with E-state index in [1.165, 1.54) is 34.6 Å². The first-order chi connectivity index (χ1) is 16.1. The summed E-state index contributed by atoms with van der Waals surface area (Å²) in [5.74, 6) is -10.6. The van der Waals surface area contributed by atoms with Crippen LogP contribution in [0.4, 0.5) is 0 Å². The summed E-state index contributed by atoms with van der Waals surface area (Å²) in [5, 5.41) is 49.0. The van der Waals surface area contributed by atoms with E-state index in [0.29, 0.717) is 0 Å². The van der Waals surface area contributed by atoms with Crippen LogP contribution in [0.25, 0.3) is 0 Å². The fraction of sp³-hybridized carbons (Fsp3) is 0.727. The van der Waals surface area contributed by atoms with Crippen molar-refractivity contribution in [1.82, 2.24) is 0 Å². The first-order valence-corrected chi connectivity index (χ1v) is 11.1. The van der Waals surface area contributed by atoms with Gasteiger partial charge in [-0.05, 0) is 32.6 Å². The van der Waals surface area contributed by atoms with Gasteiger partial charge in [-0.1, -0.05) is 27.7 Å². The van der Waals surface area contributed by atoms with Crippen molar-refractivity contribution in [1.29, 1.82) is 0 Å². The number of rotatable bonds is 17. The van der Waals surface area contributed by atoms with E-state index < -0.39 is 96.4 Å². The molecule has 0 fully saturated rings. The van der Waals surface area contributed by atoms with Crippen molar-refractivity contribution in [2.24, 2.45) is 10.8 Å². The van der Waals surface area contributed by atoms with Gasteiger partial charge in [0.1, 0.15) is 10.8 Å². The molecule has 35 heavy (non-hydrogen) atoms. The van der Waals surface area contributed by atoms with E-state index in [9.17, 15) is 54.3 Å². The van der Waals surface area contributed by atoms with Crippen molar-refractivity contribution in [2.45, 2.75) is 84.3 Å². The fourth-order valence-corrected chi connectivity index (χ4v) is 4.83. The standard InChI is InChI=1S/C22H34O13/c1-6-19(7-2,15(27)28)22(17(31)32,12-14(25)26)35-18(33)20(8-3,9-4)21(16(29)30,34-10-5)11-13(23)24/h6-12H2,1-5H3,(H,23,24)(H,25,26)(H,27,28)(H,29,30)(H,31,32). The molecule has 0 aromatic heterocycles. The van der Waals surface area contributed by atoms with Crippen molar-refractivity contribution >= 4 is 35.8 Å². The molecule has 0 rings (SSSR count). The molecular weight excluding hydrogens is 472 g/mol. The lowest BCUT2D eigenvalue weighted by Crippen LogP contribution is -2.66. The van der Waals surface area contributed by atoms with E-state index in [1.807, 2.05) is 0 Å². The van der Waals surface area contributed by atoms with Crippen LogP contribution in [0.1, 0.15) is 73.1 Å². The maximum Gasteiger partial charge on any atom is 0.350 e. The minimum absolute atomic E-state index is 0.350. The zero-order valence-electron chi connectivity index (χ0n) is 20.5. The lowest BCUT2D eigenvalue weighted by molar-refractivity contribution is -0.230. The molecule has 0 aliphatic heterocycles. The number of esters is 1. The molecule has 0 amide bonds. The smallest absolute Gasteiger partial charge is 0.350 e. The number of carboxylic acid groups (broad SMARTS) is 5. The zero-order chi connectivity index (χ0) is 27.8. The van der Waals surface area contributed by atoms with Gasteiger partial charge in [0.2, 0.25) is 5.60 Å². The van der Waals surface area contributed by atoms with Gasteiger partial charge in [0, 0.05) is 6.61 Å². The number of aliphatic carboxylic acids is 5. The van der Waals surface area contributed by atoms with Crippen LogP contribution in [0.3, 0.4) is 0 Å². The van der Waals surface area contributed by atoms with Crippen molar-refractivity contribution < 1.29 is 63.8 Å². The summed E-state index contributed by atoms with van der Waals surface area (Å²) >= 11 is 0. The summed E-state index contributed by atoms with van der Waals surface area (Å²) in [6.45, 7) is 6.22. The molecule has 0 aliphatic rings. The topological polar surface area (TPSA) is 222 Å². The molecule has 0 aromatic rings. The van der Waals surface area contributed by atoms with Crippen molar-refractivity contribution in [2.75, 3.05) is 6.61 Å². The molecule has 0 spiro atoms. The van der Waals surface area contributed by atoms with Crippen LogP contribution in [0.5, 0.6) is 0 Å². The Labute approximate surface area is 202 Å². The Morgan fingerprint density at radius 1 is 0.571 bits per heavy atom. The van der Waals surface area contributed by atoms with Crippen molar-refractivity contribution in [3.8, 4) is 0 Å². The van der Waals surface area contributed by atoms with Gasteiger partial charge in [-0.15, -0.1) is 0 Å². The average Bonchev–Trinajstić information content (AvgIpc) is 2.74. The van der Waals surface area contributed by atoms with Gasteiger partial charge < -0.3 is 35.0 Å². The lowest BCUT2D eigenvalue weighted by atomic mass is 9.64. The third-order valence-electron chi connectivity index (χ3n) is 6.91. The summed E-state index contributed by atoms with van der Waals surface area (Å²) in [6, 6.07) is 0. The van der Waals surface area contributed by atoms with Crippen LogP contribution in [-0.4, -0.2) is 79.2 Å². The van der Waals surface area contributed by atoms with Crippen LogP contribution < -0.4 is 0 Å². The molecule has 13 heteroatoms. The second-order valence-electron chi connectivity index (χ2n) is 8.11. The number of carbonyl (C=O) groups excluding carboxylic acids is 1. The van der Waals surface area contributed by atoms with Crippen LogP contribution in [0.15, 0.2) is 0 Å². The molecule has 0 saturated heterocycles. The lowest BCUT2D eigenvalue weighted by Gasteiger charge is -2.48. The second kappa shape index (κ2) is 12.0. The fourth-order valence-electron chi connectivity index (χ4n) is 4.83. The summed E-state index contributed by atoms with van der Waals surface area (Å²) in [6.07, 6.45) is -4.40. The number of hydrogen-bond acceptors (Lipinski definition) is 8. The van der Waals surface area contributed by atoms with Crippen LogP contribution >= 0.6 is 0 Å². The molecule has 2 unspecified atom stereocenters. The van der Waals surface area contributed by atoms with Gasteiger partial charge >= 0.3 is 35.8 Å². The summed E-state index contributed by atoms with van der Waals surface area (Å²) in [4.78, 5) is 74.3. The highest BCUT2D eigenvalue weighted by molar-refractivity contribution is 5.97. The Bertz CT molecular complexity index is 840. The molecule has 200 valence electrons. The highest BCUT2D eigenvalue weighted by Crippen LogP contribution is 2.50. The predicted molar refractivity (Wildman–Crippen MR) is 117 cm³/mol. The minimum Gasteiger partial charge on any atom is -0.481 e. The van der Waals surface area contributed by atoms with Gasteiger partial charge in [0.05, 0.1) is 12.8 Å². The molecule has 0 heterocycles. The predicted octanol–water partition coefficient (Wildman–Crippen LogP) is 1.86. The maximum atomic E-state index is 13.7. The summed E-state index contributed by atoms with van der Waals surface area (Å²) < 4.78 is 10.7. The first-order valence-electron chi connectivity index (χ1n) is 11.1. The van der Waals surface area contributed by atoms with Crippen LogP contribution in [0.2, 0.25) is 0 Å². The molecule has 0 radical (unpaired) electrons. The third-order valence-corrected chi connectivity index (χ3v) is 6.91. The monoisotopic (exact) mass is 506 g/mol. The van der Waals surface area contributed by atoms with E-state index in [1.54, 1.807) is 0 Å². The molecule has 0 aromatic carbocycles. The number of carbonyl (C=O) groups is 6. The van der Waals surface area contributed by atoms with Gasteiger partial charge in [0.15, 0.2) is 5.60 Å². The normalized spacial score (nSPS) is 15.3. The number of ether oxygens (including phenoxy) is 2. The molecule has 0 saturated carbocycles. The van der Waals surface area contributed by atoms with Crippen LogP contribution in [-0.2, 0) is 38.2 Å². The SMILES string of the molecule is CCOC(CC(=O)O)(C(=O)O)C(CC)(CC)C(=O)OC(CC(=O)O)(C(=O)O)C(CC)(CC)C(=O)O. The zero-order valence-corrected chi connectivity index (χ0v) is 20.5. The molecule has 0 aliphatic carbocycles. The highest BCUT2D eigenvalue weighted by Gasteiger charge is 2.68. The Kier molecular flexibility index (Phi) is 10.9.